The smallest absolute Gasteiger partial charge is 0.258 e. The minimum Gasteiger partial charge on any atom is -0.508 e. The zero-order valence-electron chi connectivity index (χ0n) is 9.74. The fraction of sp³-hybridized carbons (Fsp3) is 0.182. The van der Waals surface area contributed by atoms with E-state index in [9.17, 15) is 13.5 Å². The maximum atomic E-state index is 11.9. The molecule has 0 fully saturated rings. The first-order chi connectivity index (χ1) is 8.50. The zero-order valence-corrected chi connectivity index (χ0v) is 10.6. The SMILES string of the molecule is Cn1nccc1S(=O)(=O)NCc1ccccc1O. The standard InChI is InChI=1S/C11H13N3O3S/c1-14-11(6-7-12-14)18(16,17)13-8-9-4-2-3-5-10(9)15/h2-7,13,15H,8H2,1H3. The van der Waals surface area contributed by atoms with E-state index in [2.05, 4.69) is 9.82 Å². The lowest BCUT2D eigenvalue weighted by atomic mass is 10.2. The van der Waals surface area contributed by atoms with E-state index in [1.165, 1.54) is 23.0 Å². The molecule has 2 N–H and O–H groups in total. The van der Waals surface area contributed by atoms with Gasteiger partial charge in [-0.15, -0.1) is 0 Å². The second-order valence-electron chi connectivity index (χ2n) is 3.75. The van der Waals surface area contributed by atoms with Crippen LogP contribution in [0.15, 0.2) is 41.6 Å². The van der Waals surface area contributed by atoms with E-state index < -0.39 is 10.0 Å². The van der Waals surface area contributed by atoms with Crippen molar-refractivity contribution in [1.29, 1.82) is 0 Å². The summed E-state index contributed by atoms with van der Waals surface area (Å²) in [5, 5.41) is 13.4. The number of benzene rings is 1. The number of aromatic hydroxyl groups is 1. The predicted molar refractivity (Wildman–Crippen MR) is 65.3 cm³/mol. The Kier molecular flexibility index (Phi) is 3.35. The molecule has 2 rings (SSSR count). The van der Waals surface area contributed by atoms with Gasteiger partial charge in [-0.05, 0) is 12.1 Å². The summed E-state index contributed by atoms with van der Waals surface area (Å²) >= 11 is 0. The molecule has 0 spiro atoms. The highest BCUT2D eigenvalue weighted by molar-refractivity contribution is 7.89. The Hall–Kier alpha value is -1.86. The van der Waals surface area contributed by atoms with E-state index in [-0.39, 0.29) is 17.3 Å². The molecule has 2 aromatic rings. The highest BCUT2D eigenvalue weighted by Gasteiger charge is 2.17. The van der Waals surface area contributed by atoms with Crippen molar-refractivity contribution in [2.75, 3.05) is 0 Å². The number of aryl methyl sites for hydroxylation is 1. The van der Waals surface area contributed by atoms with Crippen LogP contribution in [0.1, 0.15) is 5.56 Å². The molecule has 0 unspecified atom stereocenters. The average molecular weight is 267 g/mol. The lowest BCUT2D eigenvalue weighted by Crippen LogP contribution is -2.25. The van der Waals surface area contributed by atoms with Crippen LogP contribution in [0.3, 0.4) is 0 Å². The molecule has 96 valence electrons. The van der Waals surface area contributed by atoms with Crippen molar-refractivity contribution < 1.29 is 13.5 Å². The molecule has 0 saturated heterocycles. The van der Waals surface area contributed by atoms with Gasteiger partial charge in [0, 0.05) is 19.2 Å². The number of para-hydroxylation sites is 1. The third kappa shape index (κ3) is 2.52. The van der Waals surface area contributed by atoms with Crippen molar-refractivity contribution in [3.63, 3.8) is 0 Å². The van der Waals surface area contributed by atoms with Crippen molar-refractivity contribution in [3.05, 3.63) is 42.1 Å². The first-order valence-corrected chi connectivity index (χ1v) is 6.73. The van der Waals surface area contributed by atoms with Crippen molar-refractivity contribution in [1.82, 2.24) is 14.5 Å². The number of phenols is 1. The average Bonchev–Trinajstić information content (AvgIpc) is 2.75. The van der Waals surface area contributed by atoms with E-state index in [1.807, 2.05) is 0 Å². The molecule has 0 radical (unpaired) electrons. The summed E-state index contributed by atoms with van der Waals surface area (Å²) in [5.41, 5.74) is 0.517. The molecule has 0 saturated carbocycles. The third-order valence-corrected chi connectivity index (χ3v) is 3.97. The number of nitrogens with one attached hydrogen (secondary N) is 1. The van der Waals surface area contributed by atoms with Crippen LogP contribution in [0, 0.1) is 0 Å². The van der Waals surface area contributed by atoms with E-state index in [4.69, 9.17) is 0 Å². The summed E-state index contributed by atoms with van der Waals surface area (Å²) < 4.78 is 27.6. The number of aromatic nitrogens is 2. The van der Waals surface area contributed by atoms with E-state index in [0.29, 0.717) is 5.56 Å². The number of nitrogens with zero attached hydrogens (tertiary/aromatic N) is 2. The van der Waals surface area contributed by atoms with Gasteiger partial charge in [-0.2, -0.15) is 5.10 Å². The van der Waals surface area contributed by atoms with Crippen molar-refractivity contribution >= 4 is 10.0 Å². The molecule has 0 bridgehead atoms. The van der Waals surface area contributed by atoms with Gasteiger partial charge >= 0.3 is 0 Å². The second kappa shape index (κ2) is 4.79. The second-order valence-corrected chi connectivity index (χ2v) is 5.46. The molecule has 18 heavy (non-hydrogen) atoms. The molecule has 1 aromatic heterocycles. The molecule has 1 aromatic carbocycles. The van der Waals surface area contributed by atoms with Crippen LogP contribution >= 0.6 is 0 Å². The molecule has 0 aliphatic heterocycles. The van der Waals surface area contributed by atoms with E-state index in [0.717, 1.165) is 0 Å². The number of hydrogen-bond acceptors (Lipinski definition) is 4. The quantitative estimate of drug-likeness (QED) is 0.849. The Balaban J connectivity index is 2.16. The fourth-order valence-corrected chi connectivity index (χ4v) is 2.66. The maximum Gasteiger partial charge on any atom is 0.258 e. The van der Waals surface area contributed by atoms with Gasteiger partial charge in [-0.3, -0.25) is 4.68 Å². The van der Waals surface area contributed by atoms with Gasteiger partial charge in [-0.25, -0.2) is 13.1 Å². The van der Waals surface area contributed by atoms with Crippen LogP contribution in [0.5, 0.6) is 5.75 Å². The molecule has 6 nitrogen and oxygen atoms in total. The Labute approximate surface area is 105 Å². The van der Waals surface area contributed by atoms with Crippen molar-refractivity contribution in [3.8, 4) is 5.75 Å². The fourth-order valence-electron chi connectivity index (χ4n) is 1.53. The molecular weight excluding hydrogens is 254 g/mol. The third-order valence-electron chi connectivity index (χ3n) is 2.50. The summed E-state index contributed by atoms with van der Waals surface area (Å²) in [6.07, 6.45) is 1.41. The Morgan fingerprint density at radius 3 is 2.67 bits per heavy atom. The Bertz CT molecular complexity index is 649. The highest BCUT2D eigenvalue weighted by atomic mass is 32.2. The number of rotatable bonds is 4. The van der Waals surface area contributed by atoms with Crippen LogP contribution in [0.2, 0.25) is 0 Å². The number of hydrogen-bond donors (Lipinski definition) is 2. The van der Waals surface area contributed by atoms with Gasteiger partial charge in [0.2, 0.25) is 0 Å². The summed E-state index contributed by atoms with van der Waals surface area (Å²) in [6, 6.07) is 7.98. The molecular formula is C11H13N3O3S. The van der Waals surface area contributed by atoms with Gasteiger partial charge in [-0.1, -0.05) is 18.2 Å². The minimum absolute atomic E-state index is 0.0280. The Morgan fingerprint density at radius 1 is 1.33 bits per heavy atom. The first-order valence-electron chi connectivity index (χ1n) is 5.25. The topological polar surface area (TPSA) is 84.2 Å². The van der Waals surface area contributed by atoms with Crippen LogP contribution in [0.4, 0.5) is 0 Å². The maximum absolute atomic E-state index is 11.9. The zero-order chi connectivity index (χ0) is 13.2. The van der Waals surface area contributed by atoms with Gasteiger partial charge < -0.3 is 5.11 Å². The van der Waals surface area contributed by atoms with Gasteiger partial charge in [0.05, 0.1) is 6.20 Å². The molecule has 0 amide bonds. The van der Waals surface area contributed by atoms with Crippen LogP contribution in [0.25, 0.3) is 0 Å². The predicted octanol–water partition coefficient (Wildman–Crippen LogP) is 0.604. The Morgan fingerprint density at radius 2 is 2.06 bits per heavy atom. The molecule has 7 heteroatoms. The van der Waals surface area contributed by atoms with E-state index in [1.54, 1.807) is 25.2 Å². The highest BCUT2D eigenvalue weighted by Crippen LogP contribution is 2.16. The van der Waals surface area contributed by atoms with Crippen LogP contribution in [-0.4, -0.2) is 23.3 Å². The van der Waals surface area contributed by atoms with Crippen molar-refractivity contribution in [2.45, 2.75) is 11.6 Å². The van der Waals surface area contributed by atoms with Gasteiger partial charge in [0.15, 0.2) is 5.03 Å². The minimum atomic E-state index is -3.62. The molecule has 1 heterocycles. The van der Waals surface area contributed by atoms with Crippen LogP contribution in [-0.2, 0) is 23.6 Å². The lowest BCUT2D eigenvalue weighted by Gasteiger charge is -2.07. The molecule has 0 aliphatic rings. The van der Waals surface area contributed by atoms with Crippen molar-refractivity contribution in [2.24, 2.45) is 7.05 Å². The largest absolute Gasteiger partial charge is 0.508 e. The molecule has 0 aliphatic carbocycles. The monoisotopic (exact) mass is 267 g/mol. The van der Waals surface area contributed by atoms with E-state index >= 15 is 0 Å². The summed E-state index contributed by atoms with van der Waals surface area (Å²) in [6.45, 7) is 0.0280. The summed E-state index contributed by atoms with van der Waals surface area (Å²) in [4.78, 5) is 0. The lowest BCUT2D eigenvalue weighted by molar-refractivity contribution is 0.467. The van der Waals surface area contributed by atoms with Gasteiger partial charge in [0.1, 0.15) is 5.75 Å². The number of phenolic OH excluding ortho intramolecular Hbond substituents is 1. The first kappa shape index (κ1) is 12.6. The molecule has 0 atom stereocenters. The van der Waals surface area contributed by atoms with Gasteiger partial charge in [0.25, 0.3) is 10.0 Å². The normalized spacial score (nSPS) is 11.6. The number of sulfonamides is 1. The van der Waals surface area contributed by atoms with Crippen LogP contribution < -0.4 is 4.72 Å². The summed E-state index contributed by atoms with van der Waals surface area (Å²) in [7, 11) is -2.07. The summed E-state index contributed by atoms with van der Waals surface area (Å²) in [5.74, 6) is 0.0604.